The van der Waals surface area contributed by atoms with Crippen LogP contribution in [-0.4, -0.2) is 43.3 Å². The van der Waals surface area contributed by atoms with Crippen LogP contribution in [0.15, 0.2) is 47.7 Å². The van der Waals surface area contributed by atoms with Gasteiger partial charge in [-0.3, -0.25) is 14.6 Å². The minimum absolute atomic E-state index is 0.0994. The number of rotatable bonds is 8. The van der Waals surface area contributed by atoms with Gasteiger partial charge in [0, 0.05) is 12.7 Å². The maximum absolute atomic E-state index is 11.8. The maximum atomic E-state index is 11.8. The average Bonchev–Trinajstić information content (AvgIpc) is 2.67. The first kappa shape index (κ1) is 18.9. The lowest BCUT2D eigenvalue weighted by molar-refractivity contribution is -0.123. The number of amides is 2. The highest BCUT2D eigenvalue weighted by molar-refractivity contribution is 5.93. The Morgan fingerprint density at radius 3 is 2.77 bits per heavy atom. The van der Waals surface area contributed by atoms with E-state index < -0.39 is 5.91 Å². The second-order valence-corrected chi connectivity index (χ2v) is 5.07. The minimum Gasteiger partial charge on any atom is -0.493 e. The van der Waals surface area contributed by atoms with E-state index in [2.05, 4.69) is 20.8 Å². The van der Waals surface area contributed by atoms with Crippen LogP contribution in [0.4, 0.5) is 0 Å². The SMILES string of the molecule is CCNC(=O)COc1ccc(/C=N/NC(=O)c2ccccn2)cc1OC. The maximum Gasteiger partial charge on any atom is 0.289 e. The van der Waals surface area contributed by atoms with E-state index in [1.54, 1.807) is 36.4 Å². The van der Waals surface area contributed by atoms with Gasteiger partial charge in [0.15, 0.2) is 18.1 Å². The molecule has 26 heavy (non-hydrogen) atoms. The van der Waals surface area contributed by atoms with Crippen LogP contribution in [0.2, 0.25) is 0 Å². The van der Waals surface area contributed by atoms with Gasteiger partial charge in [0.05, 0.1) is 13.3 Å². The lowest BCUT2D eigenvalue weighted by Gasteiger charge is -2.11. The third-order valence-corrected chi connectivity index (χ3v) is 3.20. The first-order chi connectivity index (χ1) is 12.6. The van der Waals surface area contributed by atoms with Crippen molar-refractivity contribution in [3.8, 4) is 11.5 Å². The number of benzene rings is 1. The van der Waals surface area contributed by atoms with Gasteiger partial charge in [0.25, 0.3) is 11.8 Å². The molecule has 2 N–H and O–H groups in total. The molecule has 0 spiro atoms. The Morgan fingerprint density at radius 1 is 1.23 bits per heavy atom. The molecule has 0 bridgehead atoms. The van der Waals surface area contributed by atoms with E-state index in [1.165, 1.54) is 19.5 Å². The molecular formula is C18H20N4O4. The molecule has 0 radical (unpaired) electrons. The molecule has 0 atom stereocenters. The summed E-state index contributed by atoms with van der Waals surface area (Å²) in [5.74, 6) is 0.274. The van der Waals surface area contributed by atoms with Gasteiger partial charge in [-0.25, -0.2) is 5.43 Å². The average molecular weight is 356 g/mol. The Bertz CT molecular complexity index is 778. The third-order valence-electron chi connectivity index (χ3n) is 3.20. The minimum atomic E-state index is -0.407. The van der Waals surface area contributed by atoms with Crippen molar-refractivity contribution in [2.24, 2.45) is 5.10 Å². The molecule has 2 aromatic rings. The molecule has 2 rings (SSSR count). The smallest absolute Gasteiger partial charge is 0.289 e. The topological polar surface area (TPSA) is 102 Å². The highest BCUT2D eigenvalue weighted by Gasteiger charge is 2.08. The summed E-state index contributed by atoms with van der Waals surface area (Å²) < 4.78 is 10.7. The Morgan fingerprint density at radius 2 is 2.08 bits per heavy atom. The lowest BCUT2D eigenvalue weighted by Crippen LogP contribution is -2.28. The fourth-order valence-electron chi connectivity index (χ4n) is 2.00. The molecule has 0 unspecified atom stereocenters. The highest BCUT2D eigenvalue weighted by atomic mass is 16.5. The number of nitrogens with one attached hydrogen (secondary N) is 2. The molecule has 0 aliphatic carbocycles. The fourth-order valence-corrected chi connectivity index (χ4v) is 2.00. The molecule has 0 aliphatic rings. The van der Waals surface area contributed by atoms with E-state index in [4.69, 9.17) is 9.47 Å². The second-order valence-electron chi connectivity index (χ2n) is 5.07. The molecule has 1 heterocycles. The summed E-state index contributed by atoms with van der Waals surface area (Å²) in [7, 11) is 1.50. The van der Waals surface area contributed by atoms with E-state index in [1.807, 2.05) is 6.92 Å². The molecule has 0 saturated heterocycles. The first-order valence-electron chi connectivity index (χ1n) is 7.96. The van der Waals surface area contributed by atoms with E-state index in [9.17, 15) is 9.59 Å². The van der Waals surface area contributed by atoms with Gasteiger partial charge < -0.3 is 14.8 Å². The van der Waals surface area contributed by atoms with Crippen molar-refractivity contribution in [2.75, 3.05) is 20.3 Å². The van der Waals surface area contributed by atoms with Crippen molar-refractivity contribution in [3.05, 3.63) is 53.9 Å². The van der Waals surface area contributed by atoms with Gasteiger partial charge in [-0.1, -0.05) is 6.07 Å². The zero-order chi connectivity index (χ0) is 18.8. The van der Waals surface area contributed by atoms with Crippen molar-refractivity contribution >= 4 is 18.0 Å². The number of ether oxygens (including phenoxy) is 2. The van der Waals surface area contributed by atoms with E-state index in [-0.39, 0.29) is 18.2 Å². The summed E-state index contributed by atoms with van der Waals surface area (Å²) >= 11 is 0. The number of aromatic nitrogens is 1. The quantitative estimate of drug-likeness (QED) is 0.549. The molecular weight excluding hydrogens is 336 g/mol. The highest BCUT2D eigenvalue weighted by Crippen LogP contribution is 2.27. The summed E-state index contributed by atoms with van der Waals surface area (Å²) in [5.41, 5.74) is 3.36. The number of hydrogen-bond donors (Lipinski definition) is 2. The fraction of sp³-hybridized carbons (Fsp3) is 0.222. The van der Waals surface area contributed by atoms with Crippen LogP contribution in [-0.2, 0) is 4.79 Å². The number of carbonyl (C=O) groups excluding carboxylic acids is 2. The first-order valence-corrected chi connectivity index (χ1v) is 7.96. The number of carbonyl (C=O) groups is 2. The Labute approximate surface area is 151 Å². The molecule has 8 nitrogen and oxygen atoms in total. The third kappa shape index (κ3) is 5.59. The van der Waals surface area contributed by atoms with E-state index >= 15 is 0 Å². The standard InChI is InChI=1S/C18H20N4O4/c1-3-19-17(23)12-26-15-8-7-13(10-16(15)25-2)11-21-22-18(24)14-6-4-5-9-20-14/h4-11H,3,12H2,1-2H3,(H,19,23)(H,22,24)/b21-11+. The van der Waals surface area contributed by atoms with E-state index in [0.29, 0.717) is 23.6 Å². The van der Waals surface area contributed by atoms with Crippen molar-refractivity contribution in [3.63, 3.8) is 0 Å². The monoisotopic (exact) mass is 356 g/mol. The number of methoxy groups -OCH3 is 1. The predicted octanol–water partition coefficient (Wildman–Crippen LogP) is 1.37. The molecule has 8 heteroatoms. The van der Waals surface area contributed by atoms with Gasteiger partial charge in [-0.15, -0.1) is 0 Å². The van der Waals surface area contributed by atoms with E-state index in [0.717, 1.165) is 0 Å². The molecule has 136 valence electrons. The summed E-state index contributed by atoms with van der Waals surface area (Å²) in [6.07, 6.45) is 3.00. The molecule has 0 aliphatic heterocycles. The molecule has 0 fully saturated rings. The van der Waals surface area contributed by atoms with Crippen molar-refractivity contribution < 1.29 is 19.1 Å². The Kier molecular flexibility index (Phi) is 7.11. The predicted molar refractivity (Wildman–Crippen MR) is 96.5 cm³/mol. The van der Waals surface area contributed by atoms with Gasteiger partial charge in [0.1, 0.15) is 5.69 Å². The number of hydrazone groups is 1. The Balaban J connectivity index is 1.97. The largest absolute Gasteiger partial charge is 0.493 e. The number of hydrogen-bond acceptors (Lipinski definition) is 6. The number of nitrogens with zero attached hydrogens (tertiary/aromatic N) is 2. The van der Waals surface area contributed by atoms with Gasteiger partial charge >= 0.3 is 0 Å². The zero-order valence-electron chi connectivity index (χ0n) is 14.6. The summed E-state index contributed by atoms with van der Waals surface area (Å²) in [6.45, 7) is 2.27. The van der Waals surface area contributed by atoms with Crippen molar-refractivity contribution in [1.29, 1.82) is 0 Å². The van der Waals surface area contributed by atoms with Gasteiger partial charge in [-0.2, -0.15) is 5.10 Å². The summed E-state index contributed by atoms with van der Waals surface area (Å²) in [6, 6.07) is 10.1. The van der Waals surface area contributed by atoms with Crippen LogP contribution < -0.4 is 20.2 Å². The molecule has 0 saturated carbocycles. The molecule has 1 aromatic heterocycles. The van der Waals surface area contributed by atoms with Crippen LogP contribution in [0.25, 0.3) is 0 Å². The molecule has 2 amide bonds. The van der Waals surface area contributed by atoms with Crippen LogP contribution in [0, 0.1) is 0 Å². The Hall–Kier alpha value is -3.42. The number of pyridine rings is 1. The van der Waals surface area contributed by atoms with Crippen molar-refractivity contribution in [2.45, 2.75) is 6.92 Å². The summed E-state index contributed by atoms with van der Waals surface area (Å²) in [5, 5.41) is 6.54. The molecule has 1 aromatic carbocycles. The number of likely N-dealkylation sites (N-methyl/N-ethyl adjacent to an activating group) is 1. The zero-order valence-corrected chi connectivity index (χ0v) is 14.6. The lowest BCUT2D eigenvalue weighted by atomic mass is 10.2. The van der Waals surface area contributed by atoms with Gasteiger partial charge in [0.2, 0.25) is 0 Å². The van der Waals surface area contributed by atoms with Crippen LogP contribution >= 0.6 is 0 Å². The van der Waals surface area contributed by atoms with Crippen LogP contribution in [0.5, 0.6) is 11.5 Å². The van der Waals surface area contributed by atoms with Crippen molar-refractivity contribution in [1.82, 2.24) is 15.7 Å². The second kappa shape index (κ2) is 9.77. The normalized spacial score (nSPS) is 10.4. The van der Waals surface area contributed by atoms with Crippen LogP contribution in [0.1, 0.15) is 23.0 Å². The van der Waals surface area contributed by atoms with Gasteiger partial charge in [-0.05, 0) is 42.8 Å². The van der Waals surface area contributed by atoms with Crippen LogP contribution in [0.3, 0.4) is 0 Å². The summed E-state index contributed by atoms with van der Waals surface area (Å²) in [4.78, 5) is 27.2.